The van der Waals surface area contributed by atoms with Gasteiger partial charge in [-0.2, -0.15) is 0 Å². The Morgan fingerprint density at radius 2 is 1.97 bits per heavy atom. The molecule has 2 aliphatic carbocycles. The lowest BCUT2D eigenvalue weighted by molar-refractivity contribution is 0.0601. The molecule has 0 bridgehead atoms. The molecule has 30 heavy (non-hydrogen) atoms. The van der Waals surface area contributed by atoms with Crippen LogP contribution in [-0.2, 0) is 24.0 Å². The van der Waals surface area contributed by atoms with Crippen LogP contribution in [-0.4, -0.2) is 29.9 Å². The van der Waals surface area contributed by atoms with Gasteiger partial charge in [-0.3, -0.25) is 4.79 Å². The fourth-order valence-electron chi connectivity index (χ4n) is 4.55. The molecule has 7 nitrogen and oxygen atoms in total. The molecule has 2 aromatic heterocycles. The Hall–Kier alpha value is -2.61. The van der Waals surface area contributed by atoms with Gasteiger partial charge < -0.3 is 19.7 Å². The molecule has 160 valence electrons. The fourth-order valence-corrected chi connectivity index (χ4v) is 5.82. The number of oxime groups is 1. The Labute approximate surface area is 179 Å². The molecule has 0 unspecified atom stereocenters. The minimum absolute atomic E-state index is 0.128. The first-order valence-corrected chi connectivity index (χ1v) is 10.9. The topological polar surface area (TPSA) is 101 Å². The molecule has 2 aliphatic rings. The second-order valence-corrected chi connectivity index (χ2v) is 9.88. The van der Waals surface area contributed by atoms with Gasteiger partial charge in [-0.25, -0.2) is 4.79 Å². The second-order valence-electron chi connectivity index (χ2n) is 8.78. The number of carbonyl (C=O) groups is 2. The van der Waals surface area contributed by atoms with E-state index in [1.165, 1.54) is 18.4 Å². The minimum Gasteiger partial charge on any atom is -0.465 e. The quantitative estimate of drug-likeness (QED) is 0.417. The van der Waals surface area contributed by atoms with Crippen molar-refractivity contribution < 1.29 is 24.0 Å². The number of thiophene rings is 1. The number of aryl methyl sites for hydroxylation is 1. The molecular weight excluding hydrogens is 404 g/mol. The van der Waals surface area contributed by atoms with E-state index in [1.54, 1.807) is 6.92 Å². The summed E-state index contributed by atoms with van der Waals surface area (Å²) in [5.41, 5.74) is 3.20. The van der Waals surface area contributed by atoms with Crippen LogP contribution in [0.15, 0.2) is 9.57 Å². The monoisotopic (exact) mass is 430 g/mol. The van der Waals surface area contributed by atoms with Crippen molar-refractivity contribution in [3.8, 4) is 0 Å². The van der Waals surface area contributed by atoms with Crippen LogP contribution in [0.4, 0.5) is 5.00 Å². The highest BCUT2D eigenvalue weighted by molar-refractivity contribution is 7.17. The fraction of sp³-hybridized carbons (Fsp3) is 0.500. The van der Waals surface area contributed by atoms with E-state index >= 15 is 0 Å². The average molecular weight is 431 g/mol. The number of carbonyl (C=O) groups excluding carboxylic acids is 2. The first-order valence-electron chi connectivity index (χ1n) is 10.1. The van der Waals surface area contributed by atoms with E-state index in [-0.39, 0.29) is 11.2 Å². The van der Waals surface area contributed by atoms with Gasteiger partial charge in [-0.05, 0) is 50.0 Å². The number of nitrogens with one attached hydrogen (secondary N) is 1. The van der Waals surface area contributed by atoms with Crippen molar-refractivity contribution in [1.82, 2.24) is 0 Å². The number of esters is 1. The van der Waals surface area contributed by atoms with Crippen molar-refractivity contribution in [2.75, 3.05) is 12.4 Å². The average Bonchev–Trinajstić information content (AvgIpc) is 3.23. The molecule has 0 fully saturated rings. The summed E-state index contributed by atoms with van der Waals surface area (Å²) in [5, 5.41) is 16.3. The van der Waals surface area contributed by atoms with Crippen molar-refractivity contribution in [1.29, 1.82) is 0 Å². The maximum Gasteiger partial charge on any atom is 0.341 e. The Balaban J connectivity index is 1.71. The summed E-state index contributed by atoms with van der Waals surface area (Å²) in [7, 11) is 1.35. The largest absolute Gasteiger partial charge is 0.465 e. The summed E-state index contributed by atoms with van der Waals surface area (Å²) in [5.74, 6) is -0.0150. The number of ether oxygens (including phenoxy) is 1. The molecule has 0 spiro atoms. The van der Waals surface area contributed by atoms with Crippen LogP contribution in [0.5, 0.6) is 0 Å². The number of hydrogen-bond donors (Lipinski definition) is 2. The van der Waals surface area contributed by atoms with E-state index in [1.807, 2.05) is 0 Å². The third-order valence-corrected chi connectivity index (χ3v) is 7.12. The van der Waals surface area contributed by atoms with E-state index in [0.717, 1.165) is 36.1 Å². The first-order chi connectivity index (χ1) is 14.3. The molecule has 0 aromatic carbocycles. The SMILES string of the molecule is COC(=O)c1c(NC(=O)c2oc3c(c2C)/C(=N\O)CC(C)(C)C3)sc2c1CCCC2. The molecule has 0 aliphatic heterocycles. The second kappa shape index (κ2) is 7.58. The van der Waals surface area contributed by atoms with Gasteiger partial charge in [0.15, 0.2) is 5.76 Å². The van der Waals surface area contributed by atoms with E-state index in [2.05, 4.69) is 24.3 Å². The van der Waals surface area contributed by atoms with E-state index < -0.39 is 11.9 Å². The maximum atomic E-state index is 13.1. The van der Waals surface area contributed by atoms with Crippen molar-refractivity contribution >= 4 is 33.9 Å². The van der Waals surface area contributed by atoms with Gasteiger partial charge in [0.2, 0.25) is 0 Å². The van der Waals surface area contributed by atoms with E-state index in [0.29, 0.717) is 46.0 Å². The molecule has 8 heteroatoms. The molecule has 2 N–H and O–H groups in total. The lowest BCUT2D eigenvalue weighted by atomic mass is 9.75. The number of furan rings is 1. The van der Waals surface area contributed by atoms with Crippen LogP contribution in [0.1, 0.15) is 81.4 Å². The Kier molecular flexibility index (Phi) is 5.22. The molecule has 0 saturated carbocycles. The summed E-state index contributed by atoms with van der Waals surface area (Å²) < 4.78 is 10.9. The van der Waals surface area contributed by atoms with Crippen molar-refractivity contribution in [2.45, 2.75) is 59.3 Å². The van der Waals surface area contributed by atoms with Crippen molar-refractivity contribution in [2.24, 2.45) is 10.6 Å². The van der Waals surface area contributed by atoms with Crippen molar-refractivity contribution in [3.63, 3.8) is 0 Å². The summed E-state index contributed by atoms with van der Waals surface area (Å²) >= 11 is 1.44. The lowest BCUT2D eigenvalue weighted by Gasteiger charge is -2.28. The maximum absolute atomic E-state index is 13.1. The summed E-state index contributed by atoms with van der Waals surface area (Å²) in [6.07, 6.45) is 5.05. The third-order valence-electron chi connectivity index (χ3n) is 5.91. The van der Waals surface area contributed by atoms with Crippen LogP contribution in [0, 0.1) is 12.3 Å². The number of anilines is 1. The number of fused-ring (bicyclic) bond motifs is 2. The lowest BCUT2D eigenvalue weighted by Crippen LogP contribution is -2.27. The molecule has 0 saturated heterocycles. The van der Waals surface area contributed by atoms with Gasteiger partial charge in [0.05, 0.1) is 18.4 Å². The number of rotatable bonds is 3. The van der Waals surface area contributed by atoms with Gasteiger partial charge >= 0.3 is 5.97 Å². The molecule has 0 atom stereocenters. The normalized spacial score (nSPS) is 18.6. The zero-order valence-electron chi connectivity index (χ0n) is 17.7. The summed E-state index contributed by atoms with van der Waals surface area (Å²) in [6.45, 7) is 5.93. The predicted molar refractivity (Wildman–Crippen MR) is 114 cm³/mol. The number of amides is 1. The summed E-state index contributed by atoms with van der Waals surface area (Å²) in [4.78, 5) is 26.7. The number of methoxy groups -OCH3 is 1. The highest BCUT2D eigenvalue weighted by atomic mass is 32.1. The molecule has 1 amide bonds. The van der Waals surface area contributed by atoms with Crippen LogP contribution in [0.3, 0.4) is 0 Å². The van der Waals surface area contributed by atoms with Gasteiger partial charge in [0.1, 0.15) is 10.8 Å². The Morgan fingerprint density at radius 1 is 1.23 bits per heavy atom. The Bertz CT molecular complexity index is 1060. The third kappa shape index (κ3) is 3.43. The molecular formula is C22H26N2O5S. The highest BCUT2D eigenvalue weighted by Gasteiger charge is 2.37. The van der Waals surface area contributed by atoms with Gasteiger partial charge in [-0.1, -0.05) is 19.0 Å². The number of nitrogens with zero attached hydrogens (tertiary/aromatic N) is 1. The Morgan fingerprint density at radius 3 is 2.67 bits per heavy atom. The highest BCUT2D eigenvalue weighted by Crippen LogP contribution is 2.41. The van der Waals surface area contributed by atoms with Gasteiger partial charge in [-0.15, -0.1) is 11.3 Å². The minimum atomic E-state index is -0.434. The van der Waals surface area contributed by atoms with Crippen LogP contribution in [0.25, 0.3) is 0 Å². The van der Waals surface area contributed by atoms with Gasteiger partial charge in [0, 0.05) is 22.4 Å². The van der Waals surface area contributed by atoms with E-state index in [4.69, 9.17) is 9.15 Å². The van der Waals surface area contributed by atoms with Gasteiger partial charge in [0.25, 0.3) is 5.91 Å². The first kappa shape index (κ1) is 20.7. The predicted octanol–water partition coefficient (Wildman–Crippen LogP) is 4.72. The number of hydrogen-bond acceptors (Lipinski definition) is 7. The van der Waals surface area contributed by atoms with Crippen LogP contribution >= 0.6 is 11.3 Å². The van der Waals surface area contributed by atoms with Crippen LogP contribution < -0.4 is 5.32 Å². The van der Waals surface area contributed by atoms with Crippen molar-refractivity contribution in [3.05, 3.63) is 38.7 Å². The zero-order chi connectivity index (χ0) is 21.6. The van der Waals surface area contributed by atoms with E-state index in [9.17, 15) is 14.8 Å². The van der Waals surface area contributed by atoms with Crippen LogP contribution in [0.2, 0.25) is 0 Å². The summed E-state index contributed by atoms with van der Waals surface area (Å²) in [6, 6.07) is 0. The standard InChI is InChI=1S/C22H26N2O5S/c1-11-16-13(24-27)9-22(2,3)10-14(16)29-18(11)19(25)23-20-17(21(26)28-4)12-7-5-6-8-15(12)30-20/h27H,5-10H2,1-4H3,(H,23,25)/b24-13-. The molecule has 0 radical (unpaired) electrons. The molecule has 4 rings (SSSR count). The smallest absolute Gasteiger partial charge is 0.341 e. The molecule has 2 aromatic rings. The molecule has 2 heterocycles. The zero-order valence-corrected chi connectivity index (χ0v) is 18.5.